The van der Waals surface area contributed by atoms with E-state index in [-0.39, 0.29) is 28.8 Å². The monoisotopic (exact) mass is 617 g/mol. The van der Waals surface area contributed by atoms with Crippen molar-refractivity contribution in [2.24, 2.45) is 0 Å². The Balaban J connectivity index is 2.10. The first kappa shape index (κ1) is 32.6. The minimum atomic E-state index is -4.31. The number of hydrogen-bond acceptors (Lipinski definition) is 7. The summed E-state index contributed by atoms with van der Waals surface area (Å²) in [5.74, 6) is 0.238. The molecule has 0 heterocycles. The van der Waals surface area contributed by atoms with E-state index in [0.29, 0.717) is 35.1 Å². The van der Waals surface area contributed by atoms with E-state index < -0.39 is 28.5 Å². The Labute approximate surface area is 252 Å². The molecule has 12 heteroatoms. The highest BCUT2D eigenvalue weighted by Crippen LogP contribution is 2.33. The molecule has 42 heavy (non-hydrogen) atoms. The van der Waals surface area contributed by atoms with Gasteiger partial charge >= 0.3 is 0 Å². The zero-order valence-corrected chi connectivity index (χ0v) is 25.9. The fourth-order valence-corrected chi connectivity index (χ4v) is 5.98. The summed E-state index contributed by atoms with van der Waals surface area (Å²) in [6, 6.07) is 16.6. The Morgan fingerprint density at radius 3 is 2.19 bits per heavy atom. The standard InChI is InChI=1S/C30H36ClN3O7S/c1-6-26(30(36)32-7-2)33(19-21-9-8-10-24(17-21)39-3)29(35)20-34(23-13-11-22(31)12-14-23)42(37,38)25-15-16-27(40-4)28(18-25)41-5/h8-18,26H,6-7,19-20H2,1-5H3,(H,32,36). The molecule has 0 bridgehead atoms. The van der Waals surface area contributed by atoms with E-state index in [1.807, 2.05) is 6.07 Å². The van der Waals surface area contributed by atoms with Crippen LogP contribution in [0.3, 0.4) is 0 Å². The highest BCUT2D eigenvalue weighted by Gasteiger charge is 2.34. The summed E-state index contributed by atoms with van der Waals surface area (Å²) >= 11 is 6.09. The Hall–Kier alpha value is -3.96. The predicted molar refractivity (Wildman–Crippen MR) is 162 cm³/mol. The van der Waals surface area contributed by atoms with Crippen LogP contribution >= 0.6 is 11.6 Å². The SMILES string of the molecule is CCNC(=O)C(CC)N(Cc1cccc(OC)c1)C(=O)CN(c1ccc(Cl)cc1)S(=O)(=O)c1ccc(OC)c(OC)c1. The van der Waals surface area contributed by atoms with Gasteiger partial charge in [0.1, 0.15) is 18.3 Å². The van der Waals surface area contributed by atoms with Gasteiger partial charge in [-0.05, 0) is 67.4 Å². The molecular formula is C30H36ClN3O7S. The van der Waals surface area contributed by atoms with Crippen LogP contribution in [0.1, 0.15) is 25.8 Å². The van der Waals surface area contributed by atoms with Gasteiger partial charge in [-0.25, -0.2) is 8.42 Å². The van der Waals surface area contributed by atoms with Crippen LogP contribution in [0.4, 0.5) is 5.69 Å². The summed E-state index contributed by atoms with van der Waals surface area (Å²) in [6.45, 7) is 3.43. The number of amides is 2. The topological polar surface area (TPSA) is 114 Å². The first-order valence-electron chi connectivity index (χ1n) is 13.3. The number of anilines is 1. The number of sulfonamides is 1. The number of ether oxygens (including phenoxy) is 3. The molecule has 0 aliphatic carbocycles. The molecule has 1 unspecified atom stereocenters. The van der Waals surface area contributed by atoms with E-state index in [1.165, 1.54) is 68.7 Å². The third-order valence-electron chi connectivity index (χ3n) is 6.56. The van der Waals surface area contributed by atoms with Crippen molar-refractivity contribution in [3.05, 3.63) is 77.3 Å². The minimum absolute atomic E-state index is 0.0521. The average molecular weight is 618 g/mol. The number of benzene rings is 3. The molecule has 1 atom stereocenters. The smallest absolute Gasteiger partial charge is 0.264 e. The lowest BCUT2D eigenvalue weighted by Crippen LogP contribution is -2.52. The van der Waals surface area contributed by atoms with Gasteiger partial charge in [0.2, 0.25) is 11.8 Å². The number of rotatable bonds is 14. The van der Waals surface area contributed by atoms with E-state index in [0.717, 1.165) is 4.31 Å². The number of methoxy groups -OCH3 is 3. The van der Waals surface area contributed by atoms with Crippen molar-refractivity contribution in [1.29, 1.82) is 0 Å². The van der Waals surface area contributed by atoms with Gasteiger partial charge in [0, 0.05) is 24.2 Å². The first-order valence-corrected chi connectivity index (χ1v) is 15.1. The van der Waals surface area contributed by atoms with Crippen molar-refractivity contribution >= 4 is 39.1 Å². The highest BCUT2D eigenvalue weighted by atomic mass is 35.5. The molecule has 0 aromatic heterocycles. The van der Waals surface area contributed by atoms with E-state index in [9.17, 15) is 18.0 Å². The molecule has 0 fully saturated rings. The number of hydrogen-bond donors (Lipinski definition) is 1. The number of carbonyl (C=O) groups is 2. The summed E-state index contributed by atoms with van der Waals surface area (Å²) in [6.07, 6.45) is 0.310. The maximum Gasteiger partial charge on any atom is 0.264 e. The van der Waals surface area contributed by atoms with Crippen LogP contribution < -0.4 is 23.8 Å². The van der Waals surface area contributed by atoms with E-state index in [4.69, 9.17) is 25.8 Å². The second-order valence-electron chi connectivity index (χ2n) is 9.20. The van der Waals surface area contributed by atoms with Gasteiger partial charge in [0.15, 0.2) is 11.5 Å². The fourth-order valence-electron chi connectivity index (χ4n) is 4.42. The molecule has 0 saturated carbocycles. The summed E-state index contributed by atoms with van der Waals surface area (Å²) in [5, 5.41) is 3.18. The van der Waals surface area contributed by atoms with Gasteiger partial charge in [0.25, 0.3) is 10.0 Å². The first-order chi connectivity index (χ1) is 20.1. The molecule has 0 saturated heterocycles. The van der Waals surface area contributed by atoms with Crippen molar-refractivity contribution in [3.8, 4) is 17.2 Å². The van der Waals surface area contributed by atoms with Crippen LogP contribution in [0, 0.1) is 0 Å². The van der Waals surface area contributed by atoms with Crippen LogP contribution in [0.15, 0.2) is 71.6 Å². The van der Waals surface area contributed by atoms with E-state index >= 15 is 0 Å². The third-order valence-corrected chi connectivity index (χ3v) is 8.58. The second kappa shape index (κ2) is 14.8. The molecule has 1 N–H and O–H groups in total. The second-order valence-corrected chi connectivity index (χ2v) is 11.5. The highest BCUT2D eigenvalue weighted by molar-refractivity contribution is 7.92. The largest absolute Gasteiger partial charge is 0.497 e. The van der Waals surface area contributed by atoms with Gasteiger partial charge in [-0.2, -0.15) is 0 Å². The van der Waals surface area contributed by atoms with Crippen molar-refractivity contribution in [2.75, 3.05) is 38.7 Å². The number of halogens is 1. The predicted octanol–water partition coefficient (Wildman–Crippen LogP) is 4.50. The maximum atomic E-state index is 14.1. The molecule has 0 radical (unpaired) electrons. The molecule has 10 nitrogen and oxygen atoms in total. The fraction of sp³-hybridized carbons (Fsp3) is 0.333. The average Bonchev–Trinajstić information content (AvgIpc) is 2.99. The normalized spacial score (nSPS) is 11.8. The number of carbonyl (C=O) groups excluding carboxylic acids is 2. The lowest BCUT2D eigenvalue weighted by atomic mass is 10.1. The minimum Gasteiger partial charge on any atom is -0.497 e. The summed E-state index contributed by atoms with van der Waals surface area (Å²) < 4.78 is 45.1. The van der Waals surface area contributed by atoms with Crippen LogP contribution in [-0.4, -0.2) is 65.6 Å². The van der Waals surface area contributed by atoms with Crippen LogP contribution in [0.25, 0.3) is 0 Å². The Bertz CT molecular complexity index is 1480. The molecule has 0 spiro atoms. The molecule has 3 aromatic carbocycles. The quantitative estimate of drug-likeness (QED) is 0.283. The van der Waals surface area contributed by atoms with E-state index in [2.05, 4.69) is 5.32 Å². The molecule has 226 valence electrons. The number of nitrogens with one attached hydrogen (secondary N) is 1. The van der Waals surface area contributed by atoms with Crippen LogP contribution in [-0.2, 0) is 26.2 Å². The summed E-state index contributed by atoms with van der Waals surface area (Å²) in [5.41, 5.74) is 0.932. The molecule has 0 aliphatic heterocycles. The van der Waals surface area contributed by atoms with Crippen molar-refractivity contribution in [3.63, 3.8) is 0 Å². The Kier molecular flexibility index (Phi) is 11.5. The van der Waals surface area contributed by atoms with Crippen LogP contribution in [0.2, 0.25) is 5.02 Å². The Morgan fingerprint density at radius 1 is 0.905 bits per heavy atom. The molecule has 3 aromatic rings. The van der Waals surface area contributed by atoms with Crippen molar-refractivity contribution in [1.82, 2.24) is 10.2 Å². The van der Waals surface area contributed by atoms with Crippen molar-refractivity contribution < 1.29 is 32.2 Å². The molecule has 3 rings (SSSR count). The zero-order chi connectivity index (χ0) is 30.9. The number of likely N-dealkylation sites (N-methyl/N-ethyl adjacent to an activating group) is 1. The summed E-state index contributed by atoms with van der Waals surface area (Å²) in [4.78, 5) is 28.5. The third kappa shape index (κ3) is 7.65. The summed E-state index contributed by atoms with van der Waals surface area (Å²) in [7, 11) is 0.0685. The van der Waals surface area contributed by atoms with Gasteiger partial charge in [-0.1, -0.05) is 30.7 Å². The zero-order valence-electron chi connectivity index (χ0n) is 24.3. The lowest BCUT2D eigenvalue weighted by Gasteiger charge is -2.33. The maximum absolute atomic E-state index is 14.1. The van der Waals surface area contributed by atoms with Gasteiger partial charge in [-0.3, -0.25) is 13.9 Å². The number of nitrogens with zero attached hydrogens (tertiary/aromatic N) is 2. The van der Waals surface area contributed by atoms with Gasteiger partial charge in [0.05, 0.1) is 31.9 Å². The van der Waals surface area contributed by atoms with Gasteiger partial charge in [-0.15, -0.1) is 0 Å². The van der Waals surface area contributed by atoms with Gasteiger partial charge < -0.3 is 24.4 Å². The molecule has 2 amide bonds. The Morgan fingerprint density at radius 2 is 1.60 bits per heavy atom. The molecular weight excluding hydrogens is 582 g/mol. The molecule has 0 aliphatic rings. The van der Waals surface area contributed by atoms with E-state index in [1.54, 1.807) is 32.0 Å². The van der Waals surface area contributed by atoms with Crippen molar-refractivity contribution in [2.45, 2.75) is 37.8 Å². The van der Waals surface area contributed by atoms with Crippen LogP contribution in [0.5, 0.6) is 17.2 Å². The lowest BCUT2D eigenvalue weighted by molar-refractivity contribution is -0.140.